The van der Waals surface area contributed by atoms with Crippen LogP contribution in [-0.2, 0) is 18.4 Å². The molecule has 1 amide bonds. The fraction of sp³-hybridized carbons (Fsp3) is 0.863. The molecule has 3 unspecified atom stereocenters. The summed E-state index contributed by atoms with van der Waals surface area (Å²) in [6.45, 7) is 4.69. The van der Waals surface area contributed by atoms with Crippen LogP contribution in [0.4, 0.5) is 0 Å². The number of phosphoric ester groups is 1. The maximum atomic E-state index is 12.8. The predicted molar refractivity (Wildman–Crippen MR) is 258 cm³/mol. The summed E-state index contributed by atoms with van der Waals surface area (Å²) in [6, 6.07) is -0.858. The molecule has 0 aromatic carbocycles. The van der Waals surface area contributed by atoms with Crippen LogP contribution in [0.15, 0.2) is 36.5 Å². The van der Waals surface area contributed by atoms with Gasteiger partial charge in [0.15, 0.2) is 0 Å². The second-order valence-corrected chi connectivity index (χ2v) is 20.0. The van der Waals surface area contributed by atoms with Gasteiger partial charge in [-0.3, -0.25) is 13.8 Å². The Hall–Kier alpha value is -1.28. The Kier molecular flexibility index (Phi) is 42.1. The van der Waals surface area contributed by atoms with E-state index in [4.69, 9.17) is 9.05 Å². The highest BCUT2D eigenvalue weighted by Gasteiger charge is 2.27. The number of aliphatic hydroxyl groups excluding tert-OH is 1. The zero-order valence-electron chi connectivity index (χ0n) is 40.2. The molecule has 0 radical (unpaired) electrons. The average molecular weight is 868 g/mol. The number of nitrogens with zero attached hydrogens (tertiary/aromatic N) is 1. The van der Waals surface area contributed by atoms with Gasteiger partial charge in [-0.15, -0.1) is 0 Å². The van der Waals surface area contributed by atoms with Gasteiger partial charge in [0.25, 0.3) is 0 Å². The first kappa shape index (κ1) is 58.7. The number of likely N-dealkylation sites (N-methyl/N-ethyl adjacent to an activating group) is 1. The first-order valence-corrected chi connectivity index (χ1v) is 26.9. The fourth-order valence-electron chi connectivity index (χ4n) is 7.30. The lowest BCUT2D eigenvalue weighted by Crippen LogP contribution is -2.45. The molecule has 8 nitrogen and oxygen atoms in total. The molecule has 0 saturated heterocycles. The lowest BCUT2D eigenvalue weighted by Gasteiger charge is -2.25. The molecule has 60 heavy (non-hydrogen) atoms. The van der Waals surface area contributed by atoms with E-state index >= 15 is 0 Å². The van der Waals surface area contributed by atoms with E-state index in [0.717, 1.165) is 44.9 Å². The summed E-state index contributed by atoms with van der Waals surface area (Å²) >= 11 is 0. The second-order valence-electron chi connectivity index (χ2n) is 18.5. The predicted octanol–water partition coefficient (Wildman–Crippen LogP) is 14.6. The third kappa shape index (κ3) is 44.8. The fourth-order valence-corrected chi connectivity index (χ4v) is 8.03. The molecule has 3 N–H and O–H groups in total. The second kappa shape index (κ2) is 43.0. The lowest BCUT2D eigenvalue weighted by molar-refractivity contribution is -0.870. The van der Waals surface area contributed by atoms with Crippen molar-refractivity contribution < 1.29 is 32.9 Å². The molecular formula is C51H100N2O6P+. The van der Waals surface area contributed by atoms with Gasteiger partial charge in [0, 0.05) is 6.42 Å². The number of allylic oxidation sites excluding steroid dienone is 5. The molecule has 0 aliphatic carbocycles. The SMILES string of the molecule is CCC/C=C/CC/C=C/C(O)C(COP(=O)(O)OCC[N+](C)(C)C)NC(=O)CCCCCCCCCCCCCCCCCCCCC/C=C\CCCCCCCCCC. The van der Waals surface area contributed by atoms with Crippen molar-refractivity contribution in [2.24, 2.45) is 0 Å². The molecule has 0 aliphatic rings. The number of nitrogens with one attached hydrogen (secondary N) is 1. The van der Waals surface area contributed by atoms with E-state index in [2.05, 4.69) is 43.5 Å². The van der Waals surface area contributed by atoms with Gasteiger partial charge >= 0.3 is 7.82 Å². The van der Waals surface area contributed by atoms with E-state index in [1.807, 2.05) is 27.2 Å². The van der Waals surface area contributed by atoms with Gasteiger partial charge in [0.2, 0.25) is 5.91 Å². The van der Waals surface area contributed by atoms with Crippen molar-refractivity contribution in [1.29, 1.82) is 0 Å². The van der Waals surface area contributed by atoms with E-state index in [1.54, 1.807) is 6.08 Å². The number of quaternary nitrogens is 1. The number of amides is 1. The Bertz CT molecular complexity index is 1070. The smallest absolute Gasteiger partial charge is 0.387 e. The first-order chi connectivity index (χ1) is 29.0. The quantitative estimate of drug-likeness (QED) is 0.0244. The average Bonchev–Trinajstić information content (AvgIpc) is 3.20. The summed E-state index contributed by atoms with van der Waals surface area (Å²) in [4.78, 5) is 23.0. The molecule has 0 heterocycles. The molecule has 0 saturated carbocycles. The number of rotatable bonds is 46. The van der Waals surface area contributed by atoms with Crippen LogP contribution in [0.25, 0.3) is 0 Å². The number of aliphatic hydroxyl groups is 1. The summed E-state index contributed by atoms with van der Waals surface area (Å²) in [5.74, 6) is -0.189. The van der Waals surface area contributed by atoms with Crippen molar-refractivity contribution in [2.75, 3.05) is 40.9 Å². The summed E-state index contributed by atoms with van der Waals surface area (Å²) < 4.78 is 23.4. The number of carbonyl (C=O) groups is 1. The van der Waals surface area contributed by atoms with E-state index < -0.39 is 20.0 Å². The standard InChI is InChI=1S/C51H99N2O6P/c1-6-8-10-12-14-15-16-17-18-19-20-21-22-23-24-25-26-27-28-29-30-31-32-33-34-35-36-37-39-41-43-45-51(55)52-49(50(54)44-42-40-38-13-11-9-7-2)48-59-60(56,57)58-47-46-53(3,4)5/h11,13,19-20,42,44,49-50,54H,6-10,12,14-18,21-41,43,45-48H2,1-5H3,(H-,52,55,56,57)/p+1/b13-11+,20-19-,44-42+. The van der Waals surface area contributed by atoms with Gasteiger partial charge in [0.05, 0.1) is 39.9 Å². The van der Waals surface area contributed by atoms with Crippen LogP contribution in [-0.4, -0.2) is 73.4 Å². The van der Waals surface area contributed by atoms with Crippen LogP contribution < -0.4 is 5.32 Å². The molecule has 3 atom stereocenters. The van der Waals surface area contributed by atoms with Crippen LogP contribution in [0.5, 0.6) is 0 Å². The highest BCUT2D eigenvalue weighted by molar-refractivity contribution is 7.47. The molecule has 0 bridgehead atoms. The lowest BCUT2D eigenvalue weighted by atomic mass is 10.0. The summed E-state index contributed by atoms with van der Waals surface area (Å²) in [7, 11) is 1.55. The Morgan fingerprint density at radius 3 is 1.40 bits per heavy atom. The number of hydrogen-bond donors (Lipinski definition) is 3. The molecule has 0 aromatic rings. The molecule has 9 heteroatoms. The maximum absolute atomic E-state index is 12.8. The Balaban J connectivity index is 3.89. The van der Waals surface area contributed by atoms with Gasteiger partial charge in [-0.1, -0.05) is 211 Å². The summed E-state index contributed by atoms with van der Waals surface area (Å²) in [6.07, 6.45) is 54.3. The van der Waals surface area contributed by atoms with E-state index in [1.165, 1.54) is 167 Å². The van der Waals surface area contributed by atoms with Crippen molar-refractivity contribution >= 4 is 13.7 Å². The van der Waals surface area contributed by atoms with Crippen LogP contribution >= 0.6 is 7.82 Å². The maximum Gasteiger partial charge on any atom is 0.472 e. The minimum atomic E-state index is -4.33. The Labute approximate surface area is 372 Å². The van der Waals surface area contributed by atoms with E-state index in [9.17, 15) is 19.4 Å². The topological polar surface area (TPSA) is 105 Å². The van der Waals surface area contributed by atoms with Gasteiger partial charge in [-0.2, -0.15) is 0 Å². The molecular weight excluding hydrogens is 768 g/mol. The van der Waals surface area contributed by atoms with Gasteiger partial charge < -0.3 is 19.8 Å². The van der Waals surface area contributed by atoms with Crippen molar-refractivity contribution in [3.8, 4) is 0 Å². The number of hydrogen-bond acceptors (Lipinski definition) is 5. The number of carbonyl (C=O) groups excluding carboxylic acids is 1. The minimum Gasteiger partial charge on any atom is -0.387 e. The molecule has 0 fully saturated rings. The van der Waals surface area contributed by atoms with E-state index in [0.29, 0.717) is 17.4 Å². The van der Waals surface area contributed by atoms with Crippen LogP contribution in [0.3, 0.4) is 0 Å². The molecule has 354 valence electrons. The van der Waals surface area contributed by atoms with Crippen molar-refractivity contribution in [1.82, 2.24) is 5.32 Å². The van der Waals surface area contributed by atoms with Crippen molar-refractivity contribution in [3.05, 3.63) is 36.5 Å². The monoisotopic (exact) mass is 868 g/mol. The van der Waals surface area contributed by atoms with E-state index in [-0.39, 0.29) is 19.1 Å². The van der Waals surface area contributed by atoms with Crippen molar-refractivity contribution in [3.63, 3.8) is 0 Å². The summed E-state index contributed by atoms with van der Waals surface area (Å²) in [5, 5.41) is 13.7. The van der Waals surface area contributed by atoms with Gasteiger partial charge in [0.1, 0.15) is 13.2 Å². The molecule has 0 aliphatic heterocycles. The number of phosphoric acid groups is 1. The van der Waals surface area contributed by atoms with Crippen molar-refractivity contribution in [2.45, 2.75) is 244 Å². The third-order valence-electron chi connectivity index (χ3n) is 11.3. The van der Waals surface area contributed by atoms with Crippen LogP contribution in [0, 0.1) is 0 Å². The highest BCUT2D eigenvalue weighted by atomic mass is 31.2. The summed E-state index contributed by atoms with van der Waals surface area (Å²) in [5.41, 5.74) is 0. The highest BCUT2D eigenvalue weighted by Crippen LogP contribution is 2.43. The van der Waals surface area contributed by atoms with Gasteiger partial charge in [-0.05, 0) is 51.4 Å². The van der Waals surface area contributed by atoms with Gasteiger partial charge in [-0.25, -0.2) is 4.57 Å². The number of unbranched alkanes of at least 4 members (excludes halogenated alkanes) is 29. The normalized spacial score (nSPS) is 14.4. The van der Waals surface area contributed by atoms with Crippen LogP contribution in [0.1, 0.15) is 232 Å². The van der Waals surface area contributed by atoms with Crippen LogP contribution in [0.2, 0.25) is 0 Å². The zero-order chi connectivity index (χ0) is 44.3. The first-order valence-electron chi connectivity index (χ1n) is 25.4. The third-order valence-corrected chi connectivity index (χ3v) is 12.3. The molecule has 0 aromatic heterocycles. The largest absolute Gasteiger partial charge is 0.472 e. The molecule has 0 spiro atoms. The molecule has 0 rings (SSSR count). The Morgan fingerprint density at radius 2 is 0.950 bits per heavy atom. The Morgan fingerprint density at radius 1 is 0.550 bits per heavy atom. The zero-order valence-corrected chi connectivity index (χ0v) is 41.1. The minimum absolute atomic E-state index is 0.0565.